The van der Waals surface area contributed by atoms with E-state index in [-0.39, 0.29) is 12.3 Å². The molecule has 1 N–H and O–H groups in total. The van der Waals surface area contributed by atoms with Crippen molar-refractivity contribution in [3.63, 3.8) is 0 Å². The second kappa shape index (κ2) is 10.0. The number of nitro benzene ring substituents is 1. The maximum absolute atomic E-state index is 11.9. The largest absolute Gasteiger partial charge is 0.481 e. The third-order valence-electron chi connectivity index (χ3n) is 3.68. The summed E-state index contributed by atoms with van der Waals surface area (Å²) in [7, 11) is 0. The molecule has 0 radical (unpaired) electrons. The zero-order valence-corrected chi connectivity index (χ0v) is 19.7. The van der Waals surface area contributed by atoms with E-state index in [2.05, 4.69) is 58.3 Å². The fourth-order valence-corrected chi connectivity index (χ4v) is 4.90. The van der Waals surface area contributed by atoms with Crippen LogP contribution in [0.2, 0.25) is 0 Å². The molecular formula is C19H12Br3N3O5. The molecule has 0 saturated heterocycles. The predicted molar refractivity (Wildman–Crippen MR) is 122 cm³/mol. The highest BCUT2D eigenvalue weighted by atomic mass is 79.9. The van der Waals surface area contributed by atoms with Crippen LogP contribution in [0, 0.1) is 10.1 Å². The van der Waals surface area contributed by atoms with Crippen molar-refractivity contribution in [2.24, 2.45) is 5.10 Å². The normalized spacial score (nSPS) is 10.9. The quantitative estimate of drug-likeness (QED) is 0.213. The number of hydrazone groups is 1. The maximum atomic E-state index is 11.9. The van der Waals surface area contributed by atoms with E-state index in [1.165, 1.54) is 12.3 Å². The number of nitrogens with zero attached hydrogens (tertiary/aromatic N) is 2. The molecule has 8 nitrogen and oxygen atoms in total. The highest BCUT2D eigenvalue weighted by Gasteiger charge is 2.17. The Morgan fingerprint density at radius 1 is 1.17 bits per heavy atom. The lowest BCUT2D eigenvalue weighted by Crippen LogP contribution is -2.24. The molecule has 3 rings (SSSR count). The van der Waals surface area contributed by atoms with Crippen LogP contribution in [-0.2, 0) is 4.79 Å². The average Bonchev–Trinajstić information content (AvgIpc) is 3.16. The molecule has 154 valence electrons. The van der Waals surface area contributed by atoms with E-state index in [9.17, 15) is 14.9 Å². The Bertz CT molecular complexity index is 1110. The topological polar surface area (TPSA) is 107 Å². The van der Waals surface area contributed by atoms with Gasteiger partial charge in [-0.1, -0.05) is 28.1 Å². The first-order valence-electron chi connectivity index (χ1n) is 8.28. The summed E-state index contributed by atoms with van der Waals surface area (Å²) in [5.74, 6) is 0.655. The summed E-state index contributed by atoms with van der Waals surface area (Å²) >= 11 is 10.1. The number of carbonyl (C=O) groups excluding carboxylic acids is 1. The summed E-state index contributed by atoms with van der Waals surface area (Å²) in [6.07, 6.45) is 1.29. The molecule has 0 unspecified atom stereocenters. The Kier molecular flexibility index (Phi) is 7.40. The number of benzene rings is 2. The monoisotopic (exact) mass is 599 g/mol. The van der Waals surface area contributed by atoms with Gasteiger partial charge in [-0.15, -0.1) is 0 Å². The van der Waals surface area contributed by atoms with E-state index in [0.717, 1.165) is 4.47 Å². The van der Waals surface area contributed by atoms with Crippen LogP contribution in [-0.4, -0.2) is 23.7 Å². The van der Waals surface area contributed by atoms with Crippen molar-refractivity contribution in [3.05, 3.63) is 77.8 Å². The van der Waals surface area contributed by atoms with Crippen molar-refractivity contribution in [2.45, 2.75) is 0 Å². The molecule has 3 aromatic rings. The molecule has 11 heteroatoms. The Morgan fingerprint density at radius 3 is 2.57 bits per heavy atom. The number of nitro groups is 1. The van der Waals surface area contributed by atoms with Crippen molar-refractivity contribution >= 4 is 65.6 Å². The van der Waals surface area contributed by atoms with Gasteiger partial charge in [-0.2, -0.15) is 5.10 Å². The summed E-state index contributed by atoms with van der Waals surface area (Å²) in [6, 6.07) is 13.0. The standard InChI is InChI=1S/C19H12Br3N3O5/c20-11-7-14(21)19(15(22)8-11)29-10-18(26)24-23-9-12-5-6-17(30-12)13-3-1-2-4-16(13)25(27)28/h1-9H,10H2,(H,24,26)/b23-9+. The lowest BCUT2D eigenvalue weighted by atomic mass is 10.1. The predicted octanol–water partition coefficient (Wildman–Crippen LogP) is 5.67. The lowest BCUT2D eigenvalue weighted by Gasteiger charge is -2.09. The van der Waals surface area contributed by atoms with E-state index in [0.29, 0.717) is 31.8 Å². The zero-order chi connectivity index (χ0) is 21.7. The maximum Gasteiger partial charge on any atom is 0.280 e. The van der Waals surface area contributed by atoms with Crippen LogP contribution in [0.25, 0.3) is 11.3 Å². The number of nitrogens with one attached hydrogen (secondary N) is 1. The van der Waals surface area contributed by atoms with Gasteiger partial charge in [0.1, 0.15) is 17.3 Å². The number of ether oxygens (including phenoxy) is 1. The summed E-state index contributed by atoms with van der Waals surface area (Å²) < 4.78 is 13.3. The first-order chi connectivity index (χ1) is 14.3. The first-order valence-corrected chi connectivity index (χ1v) is 10.7. The van der Waals surface area contributed by atoms with Crippen molar-refractivity contribution < 1.29 is 18.9 Å². The number of carbonyl (C=O) groups is 1. The smallest absolute Gasteiger partial charge is 0.280 e. The van der Waals surface area contributed by atoms with E-state index in [4.69, 9.17) is 9.15 Å². The number of para-hydroxylation sites is 1. The molecular weight excluding hydrogens is 590 g/mol. The van der Waals surface area contributed by atoms with Crippen LogP contribution in [0.4, 0.5) is 5.69 Å². The van der Waals surface area contributed by atoms with Gasteiger partial charge < -0.3 is 9.15 Å². The minimum absolute atomic E-state index is 0.0638. The van der Waals surface area contributed by atoms with E-state index >= 15 is 0 Å². The second-order valence-corrected chi connectivity index (χ2v) is 8.38. The van der Waals surface area contributed by atoms with Crippen LogP contribution in [0.3, 0.4) is 0 Å². The van der Waals surface area contributed by atoms with Crippen LogP contribution in [0.15, 0.2) is 71.5 Å². The van der Waals surface area contributed by atoms with Crippen LogP contribution in [0.1, 0.15) is 5.76 Å². The summed E-state index contributed by atoms with van der Waals surface area (Å²) in [6.45, 7) is -0.254. The number of hydrogen-bond acceptors (Lipinski definition) is 6. The molecule has 0 bridgehead atoms. The van der Waals surface area contributed by atoms with E-state index in [1.54, 1.807) is 42.5 Å². The summed E-state index contributed by atoms with van der Waals surface area (Å²) in [5.41, 5.74) is 2.62. The molecule has 0 spiro atoms. The zero-order valence-electron chi connectivity index (χ0n) is 15.0. The van der Waals surface area contributed by atoms with Gasteiger partial charge in [-0.25, -0.2) is 5.43 Å². The molecule has 1 amide bonds. The van der Waals surface area contributed by atoms with Crippen molar-refractivity contribution in [1.82, 2.24) is 5.43 Å². The third-order valence-corrected chi connectivity index (χ3v) is 5.32. The average molecular weight is 602 g/mol. The minimum Gasteiger partial charge on any atom is -0.481 e. The van der Waals surface area contributed by atoms with Crippen LogP contribution >= 0.6 is 47.8 Å². The van der Waals surface area contributed by atoms with Gasteiger partial charge in [0.2, 0.25) is 0 Å². The number of hydrogen-bond donors (Lipinski definition) is 1. The number of halogens is 3. The van der Waals surface area contributed by atoms with E-state index in [1.807, 2.05) is 0 Å². The highest BCUT2D eigenvalue weighted by Crippen LogP contribution is 2.36. The lowest BCUT2D eigenvalue weighted by molar-refractivity contribution is -0.384. The molecule has 0 atom stereocenters. The minimum atomic E-state index is -0.478. The van der Waals surface area contributed by atoms with Crippen LogP contribution < -0.4 is 10.2 Å². The highest BCUT2D eigenvalue weighted by molar-refractivity contribution is 9.11. The van der Waals surface area contributed by atoms with Gasteiger partial charge in [0.05, 0.1) is 25.6 Å². The fourth-order valence-electron chi connectivity index (χ4n) is 2.41. The Balaban J connectivity index is 1.59. The van der Waals surface area contributed by atoms with Crippen molar-refractivity contribution in [1.29, 1.82) is 0 Å². The number of amides is 1. The molecule has 2 aromatic carbocycles. The molecule has 30 heavy (non-hydrogen) atoms. The number of rotatable bonds is 7. The summed E-state index contributed by atoms with van der Waals surface area (Å²) in [4.78, 5) is 22.6. The molecule has 1 aromatic heterocycles. The van der Waals surface area contributed by atoms with Gasteiger partial charge in [-0.3, -0.25) is 14.9 Å². The van der Waals surface area contributed by atoms with Gasteiger partial charge in [0.15, 0.2) is 6.61 Å². The molecule has 0 saturated carbocycles. The Hall–Kier alpha value is -2.50. The Morgan fingerprint density at radius 2 is 1.87 bits per heavy atom. The van der Waals surface area contributed by atoms with Gasteiger partial charge in [-0.05, 0) is 62.2 Å². The van der Waals surface area contributed by atoms with Crippen molar-refractivity contribution in [2.75, 3.05) is 6.61 Å². The molecule has 0 fully saturated rings. The third kappa shape index (κ3) is 5.55. The SMILES string of the molecule is O=C(COc1c(Br)cc(Br)cc1Br)N/N=C/c1ccc(-c2ccccc2[N+](=O)[O-])o1. The molecule has 1 heterocycles. The van der Waals surface area contributed by atoms with Crippen LogP contribution in [0.5, 0.6) is 5.75 Å². The fraction of sp³-hybridized carbons (Fsp3) is 0.0526. The summed E-state index contributed by atoms with van der Waals surface area (Å²) in [5, 5.41) is 15.0. The van der Waals surface area contributed by atoms with E-state index < -0.39 is 10.8 Å². The van der Waals surface area contributed by atoms with Gasteiger partial charge in [0.25, 0.3) is 11.6 Å². The molecule has 0 aliphatic carbocycles. The van der Waals surface area contributed by atoms with Crippen molar-refractivity contribution in [3.8, 4) is 17.1 Å². The number of furan rings is 1. The Labute approximate surface area is 195 Å². The molecule has 0 aliphatic rings. The van der Waals surface area contributed by atoms with Gasteiger partial charge in [0, 0.05) is 10.5 Å². The first kappa shape index (κ1) is 22.2. The second-order valence-electron chi connectivity index (χ2n) is 5.76. The van der Waals surface area contributed by atoms with Gasteiger partial charge >= 0.3 is 0 Å². The molecule has 0 aliphatic heterocycles.